The zero-order valence-corrected chi connectivity index (χ0v) is 14.8. The van der Waals surface area contributed by atoms with Crippen molar-refractivity contribution in [2.45, 2.75) is 13.8 Å². The summed E-state index contributed by atoms with van der Waals surface area (Å²) >= 11 is -0.356. The van der Waals surface area contributed by atoms with Crippen molar-refractivity contribution < 1.29 is 14.0 Å². The number of carbonyl (C=O) groups excluding carboxylic acids is 2. The van der Waals surface area contributed by atoms with E-state index in [2.05, 4.69) is 15.6 Å². The molecule has 7 heteroatoms. The first kappa shape index (κ1) is 16.2. The van der Waals surface area contributed by atoms with Gasteiger partial charge >= 0.3 is 144 Å². The first-order valence-electron chi connectivity index (χ1n) is 7.22. The van der Waals surface area contributed by atoms with Crippen molar-refractivity contribution in [3.8, 4) is 0 Å². The van der Waals surface area contributed by atoms with E-state index < -0.39 is 0 Å². The van der Waals surface area contributed by atoms with Gasteiger partial charge in [-0.2, -0.15) is 0 Å². The van der Waals surface area contributed by atoms with E-state index >= 15 is 0 Å². The Morgan fingerprint density at radius 2 is 1.96 bits per heavy atom. The van der Waals surface area contributed by atoms with Crippen molar-refractivity contribution in [2.24, 2.45) is 0 Å². The van der Waals surface area contributed by atoms with Gasteiger partial charge in [0.1, 0.15) is 0 Å². The van der Waals surface area contributed by atoms with Crippen LogP contribution >= 0.6 is 0 Å². The van der Waals surface area contributed by atoms with Crippen molar-refractivity contribution in [1.82, 2.24) is 4.98 Å². The molecule has 0 saturated carbocycles. The molecule has 0 unspecified atom stereocenters. The summed E-state index contributed by atoms with van der Waals surface area (Å²) in [5, 5.41) is 5.55. The van der Waals surface area contributed by atoms with Crippen LogP contribution < -0.4 is 10.6 Å². The molecule has 3 aromatic rings. The van der Waals surface area contributed by atoms with E-state index in [1.165, 1.54) is 12.5 Å². The molecule has 6 nitrogen and oxygen atoms in total. The molecule has 3 rings (SSSR count). The second-order valence-electron chi connectivity index (χ2n) is 5.23. The molecule has 2 amide bonds. The van der Waals surface area contributed by atoms with E-state index in [1.54, 1.807) is 12.1 Å². The molecule has 0 fully saturated rings. The Kier molecular flexibility index (Phi) is 4.64. The number of hydrogen-bond acceptors (Lipinski definition) is 4. The van der Waals surface area contributed by atoms with E-state index in [0.29, 0.717) is 9.13 Å². The number of nitrogens with zero attached hydrogens (tertiary/aromatic N) is 1. The Morgan fingerprint density at radius 1 is 1.12 bits per heavy atom. The molecule has 122 valence electrons. The molecule has 2 heterocycles. The Balaban J connectivity index is 1.68. The van der Waals surface area contributed by atoms with Crippen molar-refractivity contribution in [3.05, 3.63) is 64.1 Å². The van der Waals surface area contributed by atoms with Crippen LogP contribution in [0.4, 0.5) is 10.4 Å². The van der Waals surface area contributed by atoms with E-state index in [9.17, 15) is 9.59 Å². The van der Waals surface area contributed by atoms with Crippen molar-refractivity contribution in [1.29, 1.82) is 0 Å². The van der Waals surface area contributed by atoms with Gasteiger partial charge in [0.05, 0.1) is 0 Å². The number of nitrogens with one attached hydrogen (secondary N) is 2. The van der Waals surface area contributed by atoms with Crippen LogP contribution in [-0.4, -0.2) is 31.3 Å². The van der Waals surface area contributed by atoms with Crippen LogP contribution in [0.5, 0.6) is 0 Å². The second-order valence-corrected chi connectivity index (χ2v) is 7.40. The Hall–Kier alpha value is -2.63. The van der Waals surface area contributed by atoms with Gasteiger partial charge in [0.25, 0.3) is 0 Å². The number of aromatic nitrogens is 1. The maximum atomic E-state index is 12.3. The van der Waals surface area contributed by atoms with E-state index in [-0.39, 0.29) is 32.1 Å². The van der Waals surface area contributed by atoms with Gasteiger partial charge in [-0.25, -0.2) is 0 Å². The van der Waals surface area contributed by atoms with Crippen molar-refractivity contribution in [3.63, 3.8) is 0 Å². The zero-order chi connectivity index (χ0) is 17.1. The molecule has 0 spiro atoms. The minimum absolute atomic E-state index is 0.201. The second kappa shape index (κ2) is 6.86. The molecule has 0 bridgehead atoms. The topological polar surface area (TPSA) is 84.2 Å². The van der Waals surface area contributed by atoms with Gasteiger partial charge in [-0.15, -0.1) is 0 Å². The van der Waals surface area contributed by atoms with Crippen LogP contribution in [-0.2, 0) is 0 Å². The first-order chi connectivity index (χ1) is 11.5. The number of carbonyl (C=O) groups is 2. The number of amides is 2. The van der Waals surface area contributed by atoms with Gasteiger partial charge in [0, 0.05) is 0 Å². The van der Waals surface area contributed by atoms with Gasteiger partial charge in [-0.1, -0.05) is 0 Å². The molecule has 1 aromatic carbocycles. The Labute approximate surface area is 144 Å². The molecule has 0 aliphatic carbocycles. The predicted octanol–water partition coefficient (Wildman–Crippen LogP) is 2.85. The van der Waals surface area contributed by atoms with Crippen molar-refractivity contribution >= 4 is 36.7 Å². The molecule has 0 saturated heterocycles. The third-order valence-corrected chi connectivity index (χ3v) is 5.24. The van der Waals surface area contributed by atoms with Gasteiger partial charge in [-0.3, -0.25) is 0 Å². The fourth-order valence-electron chi connectivity index (χ4n) is 2.14. The van der Waals surface area contributed by atoms with Gasteiger partial charge < -0.3 is 0 Å². The van der Waals surface area contributed by atoms with Crippen LogP contribution in [0, 0.1) is 13.8 Å². The van der Waals surface area contributed by atoms with Crippen LogP contribution in [0.1, 0.15) is 30.9 Å². The zero-order valence-electron chi connectivity index (χ0n) is 13.1. The summed E-state index contributed by atoms with van der Waals surface area (Å²) in [5.41, 5.74) is 2.91. The van der Waals surface area contributed by atoms with Gasteiger partial charge in [-0.05, 0) is 0 Å². The molecule has 2 N–H and O–H groups in total. The van der Waals surface area contributed by atoms with E-state index in [1.807, 2.05) is 32.0 Å². The number of aryl methyl sites for hydroxylation is 2. The monoisotopic (exact) mass is 389 g/mol. The summed E-state index contributed by atoms with van der Waals surface area (Å²) in [5.74, 6) is -0.361. The van der Waals surface area contributed by atoms with Crippen LogP contribution in [0.15, 0.2) is 47.2 Å². The SMILES string of the molecule is Cc1ccc(NC(=O)c2cnc(NC(=O)c3ccco3)[se]2)c(C)c1. The first-order valence-corrected chi connectivity index (χ1v) is 8.93. The molecule has 0 aliphatic heterocycles. The van der Waals surface area contributed by atoms with Crippen LogP contribution in [0.2, 0.25) is 0 Å². The number of hydrogen-bond donors (Lipinski definition) is 2. The quantitative estimate of drug-likeness (QED) is 0.674. The van der Waals surface area contributed by atoms with Gasteiger partial charge in [0.15, 0.2) is 0 Å². The average Bonchev–Trinajstić information content (AvgIpc) is 3.21. The minimum atomic E-state index is -0.370. The number of rotatable bonds is 4. The molecule has 0 radical (unpaired) electrons. The summed E-state index contributed by atoms with van der Waals surface area (Å²) in [6, 6.07) is 9.04. The fourth-order valence-corrected chi connectivity index (χ4v) is 3.62. The molecular formula is C17H15N3O3Se. The molecule has 0 aliphatic rings. The van der Waals surface area contributed by atoms with Gasteiger partial charge in [0.2, 0.25) is 0 Å². The summed E-state index contributed by atoms with van der Waals surface area (Å²) < 4.78 is 6.06. The Morgan fingerprint density at radius 3 is 2.67 bits per heavy atom. The number of furan rings is 1. The average molecular weight is 388 g/mol. The fraction of sp³-hybridized carbons (Fsp3) is 0.118. The molecule has 24 heavy (non-hydrogen) atoms. The van der Waals surface area contributed by atoms with E-state index in [4.69, 9.17) is 4.42 Å². The van der Waals surface area contributed by atoms with Crippen LogP contribution in [0.3, 0.4) is 0 Å². The molecule has 0 atom stereocenters. The normalized spacial score (nSPS) is 10.4. The third-order valence-electron chi connectivity index (χ3n) is 3.33. The van der Waals surface area contributed by atoms with Crippen molar-refractivity contribution in [2.75, 3.05) is 10.6 Å². The summed E-state index contributed by atoms with van der Waals surface area (Å²) in [4.78, 5) is 28.4. The summed E-state index contributed by atoms with van der Waals surface area (Å²) in [7, 11) is 0. The maximum absolute atomic E-state index is 12.3. The molecular weight excluding hydrogens is 373 g/mol. The Bertz CT molecular complexity index is 884. The summed E-state index contributed by atoms with van der Waals surface area (Å²) in [6.45, 7) is 3.95. The number of benzene rings is 1. The third kappa shape index (κ3) is 3.64. The van der Waals surface area contributed by atoms with E-state index in [0.717, 1.165) is 16.8 Å². The predicted molar refractivity (Wildman–Crippen MR) is 91.7 cm³/mol. The number of anilines is 2. The molecule has 2 aromatic heterocycles. The summed E-state index contributed by atoms with van der Waals surface area (Å²) in [6.07, 6.45) is 2.92. The van der Waals surface area contributed by atoms with Crippen LogP contribution in [0.25, 0.3) is 0 Å². The standard InChI is InChI=1S/C17H15N3O3Se/c1-10-5-6-12(11(2)8-10)19-16(22)14-9-18-17(24-14)20-15(21)13-4-3-7-23-13/h3-9H,1-2H3,(H,19,22)(H,18,20,21).